The largest absolute Gasteiger partial charge is 0.390 e. The molecular formula is C32H37F2N3O2. The zero-order valence-electron chi connectivity index (χ0n) is 22.8. The quantitative estimate of drug-likeness (QED) is 0.230. The number of fused-ring (bicyclic) bond motifs is 1. The first kappa shape index (κ1) is 28.5. The van der Waals surface area contributed by atoms with Crippen molar-refractivity contribution in [3.05, 3.63) is 107 Å². The Morgan fingerprint density at radius 1 is 0.923 bits per heavy atom. The third-order valence-electron chi connectivity index (χ3n) is 6.74. The maximum absolute atomic E-state index is 13.7. The molecular weight excluding hydrogens is 496 g/mol. The fourth-order valence-corrected chi connectivity index (χ4v) is 5.17. The van der Waals surface area contributed by atoms with Crippen molar-refractivity contribution in [2.45, 2.75) is 58.8 Å². The maximum atomic E-state index is 13.7. The molecule has 0 unspecified atom stereocenters. The first-order valence-electron chi connectivity index (χ1n) is 13.4. The van der Waals surface area contributed by atoms with Crippen LogP contribution in [-0.4, -0.2) is 34.3 Å². The van der Waals surface area contributed by atoms with Crippen molar-refractivity contribution in [3.63, 3.8) is 0 Å². The Labute approximate surface area is 228 Å². The second-order valence-electron chi connectivity index (χ2n) is 10.7. The number of amides is 1. The van der Waals surface area contributed by atoms with Crippen LogP contribution in [0.1, 0.15) is 43.0 Å². The monoisotopic (exact) mass is 533 g/mol. The zero-order chi connectivity index (χ0) is 27.9. The van der Waals surface area contributed by atoms with Crippen LogP contribution < -0.4 is 10.6 Å². The minimum atomic E-state index is -0.967. The number of hydrogen-bond acceptors (Lipinski definition) is 3. The van der Waals surface area contributed by atoms with Crippen molar-refractivity contribution in [2.24, 2.45) is 5.92 Å². The van der Waals surface area contributed by atoms with E-state index in [-0.39, 0.29) is 18.9 Å². The minimum absolute atomic E-state index is 0.102. The van der Waals surface area contributed by atoms with Crippen LogP contribution >= 0.6 is 0 Å². The van der Waals surface area contributed by atoms with Gasteiger partial charge in [-0.1, -0.05) is 50.2 Å². The van der Waals surface area contributed by atoms with Crippen LogP contribution in [0.5, 0.6) is 0 Å². The lowest BCUT2D eigenvalue weighted by Gasteiger charge is -2.24. The molecule has 3 N–H and O–H groups in total. The molecule has 0 aliphatic carbocycles. The summed E-state index contributed by atoms with van der Waals surface area (Å²) < 4.78 is 29.7. The van der Waals surface area contributed by atoms with Gasteiger partial charge < -0.3 is 20.3 Å². The Balaban J connectivity index is 1.52. The van der Waals surface area contributed by atoms with Crippen LogP contribution in [0, 0.1) is 17.6 Å². The summed E-state index contributed by atoms with van der Waals surface area (Å²) in [6, 6.07) is 19.5. The third kappa shape index (κ3) is 7.97. The molecule has 0 radical (unpaired) electrons. The average molecular weight is 534 g/mol. The lowest BCUT2D eigenvalue weighted by molar-refractivity contribution is -0.120. The summed E-state index contributed by atoms with van der Waals surface area (Å²) in [6.07, 6.45) is 2.21. The van der Waals surface area contributed by atoms with Gasteiger partial charge in [0.25, 0.3) is 0 Å². The molecule has 0 aliphatic heterocycles. The normalized spacial score (nSPS) is 13.1. The van der Waals surface area contributed by atoms with Crippen LogP contribution in [-0.2, 0) is 30.7 Å². The van der Waals surface area contributed by atoms with Gasteiger partial charge in [0.2, 0.25) is 5.91 Å². The van der Waals surface area contributed by atoms with E-state index in [0.717, 1.165) is 30.1 Å². The summed E-state index contributed by atoms with van der Waals surface area (Å²) in [5.41, 5.74) is 5.10. The molecule has 0 aliphatic rings. The van der Waals surface area contributed by atoms with Crippen molar-refractivity contribution in [3.8, 4) is 0 Å². The smallest absolute Gasteiger partial charge is 0.217 e. The molecule has 1 aromatic heterocycles. The van der Waals surface area contributed by atoms with E-state index in [4.69, 9.17) is 0 Å². The Bertz CT molecular complexity index is 1380. The lowest BCUT2D eigenvalue weighted by atomic mass is 9.98. The highest BCUT2D eigenvalue weighted by atomic mass is 19.1. The van der Waals surface area contributed by atoms with Gasteiger partial charge in [0, 0.05) is 44.2 Å². The highest BCUT2D eigenvalue weighted by Crippen LogP contribution is 2.25. The molecule has 2 atom stereocenters. The number of carbonyl (C=O) groups is 1. The van der Waals surface area contributed by atoms with Crippen LogP contribution in [0.2, 0.25) is 0 Å². The van der Waals surface area contributed by atoms with E-state index >= 15 is 0 Å². The number of aliphatic hydroxyl groups excluding tert-OH is 1. The van der Waals surface area contributed by atoms with E-state index < -0.39 is 23.8 Å². The third-order valence-corrected chi connectivity index (χ3v) is 6.74. The fourth-order valence-electron chi connectivity index (χ4n) is 5.17. The SMILES string of the molecule is CC(=O)N[C@@H](Cc1cc(F)cc(F)c1)[C@H](O)CNCc1cc(CC(C)C)cc2ccn(Cc3ccccc3)c12. The number of aromatic nitrogens is 1. The predicted molar refractivity (Wildman–Crippen MR) is 151 cm³/mol. The number of benzene rings is 3. The lowest BCUT2D eigenvalue weighted by Crippen LogP contribution is -2.48. The molecule has 0 saturated carbocycles. The van der Waals surface area contributed by atoms with E-state index in [0.29, 0.717) is 18.0 Å². The molecule has 5 nitrogen and oxygen atoms in total. The van der Waals surface area contributed by atoms with Crippen molar-refractivity contribution < 1.29 is 18.7 Å². The second-order valence-corrected chi connectivity index (χ2v) is 10.7. The van der Waals surface area contributed by atoms with Gasteiger partial charge in [-0.15, -0.1) is 0 Å². The molecule has 0 fully saturated rings. The summed E-state index contributed by atoms with van der Waals surface area (Å²) in [5.74, 6) is -1.19. The highest BCUT2D eigenvalue weighted by molar-refractivity contribution is 5.84. The first-order chi connectivity index (χ1) is 18.7. The molecule has 1 amide bonds. The molecule has 0 spiro atoms. The average Bonchev–Trinajstić information content (AvgIpc) is 3.25. The van der Waals surface area contributed by atoms with E-state index in [2.05, 4.69) is 65.6 Å². The van der Waals surface area contributed by atoms with Crippen LogP contribution in [0.3, 0.4) is 0 Å². The Kier molecular flexibility index (Phi) is 9.49. The summed E-state index contributed by atoms with van der Waals surface area (Å²) in [5, 5.41) is 18.2. The number of hydrogen-bond donors (Lipinski definition) is 3. The van der Waals surface area contributed by atoms with Gasteiger partial charge in [-0.3, -0.25) is 4.79 Å². The van der Waals surface area contributed by atoms with Crippen molar-refractivity contribution in [1.29, 1.82) is 0 Å². The van der Waals surface area contributed by atoms with E-state index in [9.17, 15) is 18.7 Å². The maximum Gasteiger partial charge on any atom is 0.217 e. The van der Waals surface area contributed by atoms with Gasteiger partial charge in [0.05, 0.1) is 17.7 Å². The summed E-state index contributed by atoms with van der Waals surface area (Å²) in [4.78, 5) is 11.8. The fraction of sp³-hybridized carbons (Fsp3) is 0.344. The summed E-state index contributed by atoms with van der Waals surface area (Å²) >= 11 is 0. The standard InChI is InChI=1S/C32H37F2N3O2/c1-21(2)11-24-12-26-9-10-37(20-23-7-5-4-6-8-23)32(26)27(13-24)18-35-19-31(39)30(36-22(3)38)16-25-14-28(33)17-29(34)15-25/h4-10,12-15,17,21,30-31,35,39H,11,16,18-20H2,1-3H3,(H,36,38)/t30-,31+/m0/s1. The Morgan fingerprint density at radius 3 is 2.28 bits per heavy atom. The number of rotatable bonds is 12. The van der Waals surface area contributed by atoms with Gasteiger partial charge in [0.1, 0.15) is 11.6 Å². The molecule has 3 aromatic carbocycles. The van der Waals surface area contributed by atoms with Gasteiger partial charge in [-0.2, -0.15) is 0 Å². The van der Waals surface area contributed by atoms with E-state index in [1.165, 1.54) is 35.6 Å². The molecule has 39 heavy (non-hydrogen) atoms. The second kappa shape index (κ2) is 13.0. The van der Waals surface area contributed by atoms with Crippen molar-refractivity contribution in [2.75, 3.05) is 6.54 Å². The Morgan fingerprint density at radius 2 is 1.62 bits per heavy atom. The summed E-state index contributed by atoms with van der Waals surface area (Å²) in [6.45, 7) is 7.21. The van der Waals surface area contributed by atoms with Crippen LogP contribution in [0.4, 0.5) is 8.78 Å². The molecule has 4 aromatic rings. The van der Waals surface area contributed by atoms with Crippen LogP contribution in [0.15, 0.2) is 72.9 Å². The molecule has 4 rings (SSSR count). The van der Waals surface area contributed by atoms with E-state index in [1.54, 1.807) is 0 Å². The van der Waals surface area contributed by atoms with Gasteiger partial charge in [-0.25, -0.2) is 8.78 Å². The number of nitrogens with zero attached hydrogens (tertiary/aromatic N) is 1. The Hall–Kier alpha value is -3.55. The molecule has 206 valence electrons. The number of carbonyl (C=O) groups excluding carboxylic acids is 1. The topological polar surface area (TPSA) is 66.3 Å². The number of halogens is 2. The molecule has 0 saturated heterocycles. The first-order valence-corrected chi connectivity index (χ1v) is 13.4. The van der Waals surface area contributed by atoms with Crippen LogP contribution in [0.25, 0.3) is 10.9 Å². The molecule has 0 bridgehead atoms. The number of nitrogens with one attached hydrogen (secondary N) is 2. The van der Waals surface area contributed by atoms with Gasteiger partial charge in [0.15, 0.2) is 0 Å². The molecule has 7 heteroatoms. The zero-order valence-corrected chi connectivity index (χ0v) is 22.8. The summed E-state index contributed by atoms with van der Waals surface area (Å²) in [7, 11) is 0. The van der Waals surface area contributed by atoms with Gasteiger partial charge >= 0.3 is 0 Å². The minimum Gasteiger partial charge on any atom is -0.390 e. The number of aliphatic hydroxyl groups is 1. The molecule has 1 heterocycles. The van der Waals surface area contributed by atoms with Gasteiger partial charge in [-0.05, 0) is 65.3 Å². The highest BCUT2D eigenvalue weighted by Gasteiger charge is 2.21. The van der Waals surface area contributed by atoms with E-state index in [1.807, 2.05) is 18.2 Å². The van der Waals surface area contributed by atoms with Crippen molar-refractivity contribution in [1.82, 2.24) is 15.2 Å². The van der Waals surface area contributed by atoms with Crippen molar-refractivity contribution >= 4 is 16.8 Å². The predicted octanol–water partition coefficient (Wildman–Crippen LogP) is 5.36.